The fraction of sp³-hybridized carbons (Fsp3) is 0.900. The van der Waals surface area contributed by atoms with Crippen molar-refractivity contribution in [3.8, 4) is 0 Å². The molecule has 88 valence electrons. The summed E-state index contributed by atoms with van der Waals surface area (Å²) in [6.45, 7) is 4.88. The molecule has 0 bridgehead atoms. The Labute approximate surface area is 89.6 Å². The lowest BCUT2D eigenvalue weighted by molar-refractivity contribution is -0.145. The molecular weight excluding hydrogens is 198 g/mol. The predicted octanol–water partition coefficient (Wildman–Crippen LogP) is -0.287. The van der Waals surface area contributed by atoms with Crippen molar-refractivity contribution in [3.63, 3.8) is 0 Å². The number of amides is 1. The summed E-state index contributed by atoms with van der Waals surface area (Å²) in [7, 11) is 0. The molecule has 0 spiro atoms. The van der Waals surface area contributed by atoms with Gasteiger partial charge in [0.25, 0.3) is 0 Å². The van der Waals surface area contributed by atoms with E-state index in [9.17, 15) is 4.79 Å². The molecule has 0 radical (unpaired) electrons. The number of hydrogen-bond donors (Lipinski definition) is 2. The smallest absolute Gasteiger partial charge is 0.222 e. The lowest BCUT2D eigenvalue weighted by Gasteiger charge is -2.32. The number of aliphatic hydroxyl groups is 2. The maximum absolute atomic E-state index is 11.5. The fourth-order valence-corrected chi connectivity index (χ4v) is 2.29. The van der Waals surface area contributed by atoms with Crippen molar-refractivity contribution in [2.75, 3.05) is 13.2 Å². The molecule has 1 amide bonds. The summed E-state index contributed by atoms with van der Waals surface area (Å²) in [5.74, 6) is -0.102. The SMILES string of the molecule is CC(=O)N1[C@H](CCO)[C@@H](CO)OC1(C)C. The van der Waals surface area contributed by atoms with Gasteiger partial charge in [-0.2, -0.15) is 0 Å². The van der Waals surface area contributed by atoms with Crippen molar-refractivity contribution in [1.82, 2.24) is 4.90 Å². The van der Waals surface area contributed by atoms with E-state index in [1.54, 1.807) is 18.7 Å². The van der Waals surface area contributed by atoms with Crippen LogP contribution in [0, 0.1) is 0 Å². The molecule has 1 aliphatic rings. The molecule has 0 saturated carbocycles. The van der Waals surface area contributed by atoms with Gasteiger partial charge in [-0.05, 0) is 20.3 Å². The van der Waals surface area contributed by atoms with E-state index >= 15 is 0 Å². The van der Waals surface area contributed by atoms with Crippen LogP contribution in [0.5, 0.6) is 0 Å². The third-order valence-electron chi connectivity index (χ3n) is 2.72. The van der Waals surface area contributed by atoms with Gasteiger partial charge in [-0.3, -0.25) is 4.79 Å². The van der Waals surface area contributed by atoms with E-state index in [2.05, 4.69) is 0 Å². The molecule has 15 heavy (non-hydrogen) atoms. The minimum Gasteiger partial charge on any atom is -0.396 e. The monoisotopic (exact) mass is 217 g/mol. The molecule has 1 rings (SSSR count). The topological polar surface area (TPSA) is 70.0 Å². The van der Waals surface area contributed by atoms with Crippen LogP contribution in [0.3, 0.4) is 0 Å². The molecule has 1 heterocycles. The number of carbonyl (C=O) groups excluding carboxylic acids is 1. The summed E-state index contributed by atoms with van der Waals surface area (Å²) >= 11 is 0. The summed E-state index contributed by atoms with van der Waals surface area (Å²) in [4.78, 5) is 13.1. The van der Waals surface area contributed by atoms with Crippen molar-refractivity contribution in [2.45, 2.75) is 45.1 Å². The third-order valence-corrected chi connectivity index (χ3v) is 2.72. The maximum atomic E-state index is 11.5. The molecule has 1 saturated heterocycles. The number of ether oxygens (including phenoxy) is 1. The van der Waals surface area contributed by atoms with E-state index in [-0.39, 0.29) is 25.2 Å². The first-order chi connectivity index (χ1) is 6.94. The van der Waals surface area contributed by atoms with E-state index in [4.69, 9.17) is 14.9 Å². The molecule has 2 atom stereocenters. The van der Waals surface area contributed by atoms with Gasteiger partial charge in [0.1, 0.15) is 11.8 Å². The average molecular weight is 217 g/mol. The zero-order valence-electron chi connectivity index (χ0n) is 9.43. The van der Waals surface area contributed by atoms with Gasteiger partial charge in [0.2, 0.25) is 5.91 Å². The molecule has 0 unspecified atom stereocenters. The Balaban J connectivity index is 2.90. The summed E-state index contributed by atoms with van der Waals surface area (Å²) in [5, 5.41) is 18.1. The van der Waals surface area contributed by atoms with Crippen LogP contribution in [0.25, 0.3) is 0 Å². The maximum Gasteiger partial charge on any atom is 0.222 e. The van der Waals surface area contributed by atoms with Gasteiger partial charge in [-0.25, -0.2) is 0 Å². The molecule has 1 aliphatic heterocycles. The summed E-state index contributed by atoms with van der Waals surface area (Å²) in [6.07, 6.45) is 0.0184. The summed E-state index contributed by atoms with van der Waals surface area (Å²) in [6, 6.07) is -0.243. The van der Waals surface area contributed by atoms with Crippen LogP contribution < -0.4 is 0 Å². The Morgan fingerprint density at radius 2 is 2.07 bits per heavy atom. The fourth-order valence-electron chi connectivity index (χ4n) is 2.29. The molecule has 5 heteroatoms. The molecular formula is C10H19NO4. The van der Waals surface area contributed by atoms with Crippen LogP contribution in [0.4, 0.5) is 0 Å². The predicted molar refractivity (Wildman–Crippen MR) is 54.0 cm³/mol. The molecule has 0 aromatic heterocycles. The standard InChI is InChI=1S/C10H19NO4/c1-7(14)11-8(4-5-12)9(6-13)15-10(11,2)3/h8-9,12-13H,4-6H2,1-3H3/t8-,9-/m1/s1. The Kier molecular flexibility index (Phi) is 3.70. The molecule has 0 aromatic carbocycles. The lowest BCUT2D eigenvalue weighted by Crippen LogP contribution is -2.47. The number of hydrogen-bond acceptors (Lipinski definition) is 4. The zero-order valence-corrected chi connectivity index (χ0v) is 9.43. The van der Waals surface area contributed by atoms with E-state index in [0.29, 0.717) is 6.42 Å². The van der Waals surface area contributed by atoms with Crippen LogP contribution >= 0.6 is 0 Å². The molecule has 5 nitrogen and oxygen atoms in total. The van der Waals surface area contributed by atoms with E-state index in [1.807, 2.05) is 0 Å². The Morgan fingerprint density at radius 1 is 1.47 bits per heavy atom. The van der Waals surface area contributed by atoms with Crippen molar-refractivity contribution in [2.24, 2.45) is 0 Å². The second-order valence-electron chi connectivity index (χ2n) is 4.25. The van der Waals surface area contributed by atoms with Crippen LogP contribution in [0.1, 0.15) is 27.2 Å². The first kappa shape index (κ1) is 12.4. The minimum atomic E-state index is -0.709. The quantitative estimate of drug-likeness (QED) is 0.681. The van der Waals surface area contributed by atoms with Gasteiger partial charge in [0, 0.05) is 13.5 Å². The third kappa shape index (κ3) is 2.30. The van der Waals surface area contributed by atoms with Gasteiger partial charge in [0.15, 0.2) is 0 Å². The second kappa shape index (κ2) is 4.47. The van der Waals surface area contributed by atoms with Gasteiger partial charge >= 0.3 is 0 Å². The number of aliphatic hydroxyl groups excluding tert-OH is 2. The highest BCUT2D eigenvalue weighted by Crippen LogP contribution is 2.33. The second-order valence-corrected chi connectivity index (χ2v) is 4.25. The Hall–Kier alpha value is -0.650. The van der Waals surface area contributed by atoms with E-state index in [1.165, 1.54) is 6.92 Å². The van der Waals surface area contributed by atoms with E-state index in [0.717, 1.165) is 0 Å². The molecule has 1 fully saturated rings. The van der Waals surface area contributed by atoms with Crippen LogP contribution in [-0.2, 0) is 9.53 Å². The van der Waals surface area contributed by atoms with Gasteiger partial charge in [-0.1, -0.05) is 0 Å². The highest BCUT2D eigenvalue weighted by atomic mass is 16.6. The van der Waals surface area contributed by atoms with Gasteiger partial charge in [0.05, 0.1) is 12.6 Å². The Bertz CT molecular complexity index is 242. The lowest BCUT2D eigenvalue weighted by atomic mass is 10.1. The highest BCUT2D eigenvalue weighted by Gasteiger charge is 2.47. The largest absolute Gasteiger partial charge is 0.396 e. The highest BCUT2D eigenvalue weighted by molar-refractivity contribution is 5.74. The van der Waals surface area contributed by atoms with Crippen molar-refractivity contribution in [1.29, 1.82) is 0 Å². The number of nitrogens with zero attached hydrogens (tertiary/aromatic N) is 1. The summed E-state index contributed by atoms with van der Waals surface area (Å²) < 4.78 is 5.58. The van der Waals surface area contributed by atoms with Crippen LogP contribution in [-0.4, -0.2) is 52.1 Å². The zero-order chi connectivity index (χ0) is 11.6. The molecule has 0 aromatic rings. The first-order valence-corrected chi connectivity index (χ1v) is 5.13. The average Bonchev–Trinajstić information content (AvgIpc) is 2.37. The van der Waals surface area contributed by atoms with Gasteiger partial charge in [-0.15, -0.1) is 0 Å². The molecule has 0 aliphatic carbocycles. The van der Waals surface area contributed by atoms with Crippen molar-refractivity contribution >= 4 is 5.91 Å². The Morgan fingerprint density at radius 3 is 2.47 bits per heavy atom. The number of carbonyl (C=O) groups is 1. The van der Waals surface area contributed by atoms with Crippen LogP contribution in [0.2, 0.25) is 0 Å². The molecule has 2 N–H and O–H groups in total. The van der Waals surface area contributed by atoms with E-state index < -0.39 is 11.8 Å². The van der Waals surface area contributed by atoms with Gasteiger partial charge < -0.3 is 19.8 Å². The first-order valence-electron chi connectivity index (χ1n) is 5.13. The number of rotatable bonds is 3. The van der Waals surface area contributed by atoms with Crippen molar-refractivity contribution < 1.29 is 19.7 Å². The van der Waals surface area contributed by atoms with Crippen LogP contribution in [0.15, 0.2) is 0 Å². The minimum absolute atomic E-state index is 0.0234. The van der Waals surface area contributed by atoms with Crippen molar-refractivity contribution in [3.05, 3.63) is 0 Å². The normalized spacial score (nSPS) is 29.5. The summed E-state index contributed by atoms with van der Waals surface area (Å²) in [5.41, 5.74) is -0.709.